The molecule has 2 rings (SSSR count). The molecule has 2 N–H and O–H groups in total. The first-order valence-corrected chi connectivity index (χ1v) is 5.44. The Morgan fingerprint density at radius 2 is 2.20 bits per heavy atom. The van der Waals surface area contributed by atoms with Gasteiger partial charge in [0, 0.05) is 19.6 Å². The topological polar surface area (TPSA) is 61.4 Å². The van der Waals surface area contributed by atoms with E-state index in [9.17, 15) is 9.59 Å². The zero-order chi connectivity index (χ0) is 10.8. The van der Waals surface area contributed by atoms with Gasteiger partial charge >= 0.3 is 0 Å². The van der Waals surface area contributed by atoms with E-state index in [4.69, 9.17) is 0 Å². The number of carbonyl (C=O) groups excluding carboxylic acids is 2. The molecule has 0 aromatic heterocycles. The molecule has 1 saturated heterocycles. The van der Waals surface area contributed by atoms with Gasteiger partial charge in [0.05, 0.1) is 6.54 Å². The third-order valence-corrected chi connectivity index (χ3v) is 2.89. The highest BCUT2D eigenvalue weighted by atomic mass is 16.2. The second-order valence-electron chi connectivity index (χ2n) is 4.32. The van der Waals surface area contributed by atoms with Crippen LogP contribution in [0.5, 0.6) is 0 Å². The number of amides is 2. The first kappa shape index (κ1) is 10.4. The smallest absolute Gasteiger partial charge is 0.244 e. The van der Waals surface area contributed by atoms with Gasteiger partial charge in [-0.3, -0.25) is 9.59 Å². The van der Waals surface area contributed by atoms with Crippen molar-refractivity contribution in [2.45, 2.75) is 31.3 Å². The number of rotatable bonds is 4. The molecule has 5 nitrogen and oxygen atoms in total. The molecule has 1 saturated carbocycles. The van der Waals surface area contributed by atoms with Crippen molar-refractivity contribution in [3.63, 3.8) is 0 Å². The Hall–Kier alpha value is -1.10. The monoisotopic (exact) mass is 211 g/mol. The third-order valence-electron chi connectivity index (χ3n) is 2.89. The number of likely N-dealkylation sites (N-methyl/N-ethyl adjacent to an activating group) is 1. The zero-order valence-electron chi connectivity index (χ0n) is 8.95. The van der Waals surface area contributed by atoms with Crippen LogP contribution in [0.1, 0.15) is 19.3 Å². The summed E-state index contributed by atoms with van der Waals surface area (Å²) in [5.74, 6) is -0.0506. The Kier molecular flexibility index (Phi) is 2.90. The van der Waals surface area contributed by atoms with Gasteiger partial charge in [-0.05, 0) is 19.3 Å². The molecule has 1 aliphatic carbocycles. The van der Waals surface area contributed by atoms with Crippen LogP contribution in [0.25, 0.3) is 0 Å². The maximum Gasteiger partial charge on any atom is 0.244 e. The summed E-state index contributed by atoms with van der Waals surface area (Å²) in [5.41, 5.74) is 0. The van der Waals surface area contributed by atoms with E-state index < -0.39 is 0 Å². The summed E-state index contributed by atoms with van der Waals surface area (Å²) in [6.45, 7) is 1.07. The molecule has 0 aromatic rings. The Balaban J connectivity index is 1.71. The highest BCUT2D eigenvalue weighted by Gasteiger charge is 2.30. The minimum Gasteiger partial charge on any atom is -0.344 e. The van der Waals surface area contributed by atoms with E-state index in [1.165, 1.54) is 12.8 Å². The lowest BCUT2D eigenvalue weighted by Gasteiger charge is -2.12. The van der Waals surface area contributed by atoms with E-state index in [1.807, 2.05) is 0 Å². The Morgan fingerprint density at radius 3 is 2.73 bits per heavy atom. The minimum atomic E-state index is -0.302. The second-order valence-corrected chi connectivity index (χ2v) is 4.32. The van der Waals surface area contributed by atoms with E-state index in [2.05, 4.69) is 10.6 Å². The maximum atomic E-state index is 11.5. The predicted octanol–water partition coefficient (Wildman–Crippen LogP) is -0.915. The number of nitrogens with zero attached hydrogens (tertiary/aromatic N) is 1. The van der Waals surface area contributed by atoms with Crippen LogP contribution in [0.3, 0.4) is 0 Å². The van der Waals surface area contributed by atoms with Crippen molar-refractivity contribution in [2.24, 2.45) is 0 Å². The Bertz CT molecular complexity index is 276. The van der Waals surface area contributed by atoms with Gasteiger partial charge in [0.25, 0.3) is 0 Å². The fraction of sp³-hybridized carbons (Fsp3) is 0.800. The number of carbonyl (C=O) groups is 2. The summed E-state index contributed by atoms with van der Waals surface area (Å²) >= 11 is 0. The number of hydrogen-bond donors (Lipinski definition) is 2. The number of likely N-dealkylation sites (tertiary alicyclic amines) is 1. The van der Waals surface area contributed by atoms with Crippen LogP contribution < -0.4 is 10.6 Å². The van der Waals surface area contributed by atoms with E-state index in [0.29, 0.717) is 12.6 Å². The van der Waals surface area contributed by atoms with Crippen LogP contribution in [-0.2, 0) is 9.59 Å². The maximum absolute atomic E-state index is 11.5. The Morgan fingerprint density at radius 1 is 1.47 bits per heavy atom. The molecule has 1 aliphatic heterocycles. The molecule has 1 heterocycles. The predicted molar refractivity (Wildman–Crippen MR) is 55.2 cm³/mol. The summed E-state index contributed by atoms with van der Waals surface area (Å²) in [6.07, 6.45) is 3.06. The molecular weight excluding hydrogens is 194 g/mol. The SMILES string of the molecule is CN1CCC(NC(=O)CNC2CC2)C1=O. The lowest BCUT2D eigenvalue weighted by Crippen LogP contribution is -2.44. The van der Waals surface area contributed by atoms with Crippen molar-refractivity contribution in [2.75, 3.05) is 20.1 Å². The molecule has 1 atom stereocenters. The molecule has 2 fully saturated rings. The van der Waals surface area contributed by atoms with Crippen LogP contribution in [0.4, 0.5) is 0 Å². The van der Waals surface area contributed by atoms with Crippen LogP contribution >= 0.6 is 0 Å². The standard InChI is InChI=1S/C10H17N3O2/c1-13-5-4-8(10(13)15)12-9(14)6-11-7-2-3-7/h7-8,11H,2-6H2,1H3,(H,12,14). The molecule has 2 amide bonds. The average Bonchev–Trinajstić information content (AvgIpc) is 2.98. The number of hydrogen-bond acceptors (Lipinski definition) is 3. The summed E-state index contributed by atoms with van der Waals surface area (Å²) in [4.78, 5) is 24.6. The normalized spacial score (nSPS) is 25.8. The summed E-state index contributed by atoms with van der Waals surface area (Å²) in [7, 11) is 1.76. The van der Waals surface area contributed by atoms with Crippen molar-refractivity contribution < 1.29 is 9.59 Å². The van der Waals surface area contributed by atoms with Crippen LogP contribution in [-0.4, -0.2) is 48.9 Å². The van der Waals surface area contributed by atoms with Crippen molar-refractivity contribution >= 4 is 11.8 Å². The van der Waals surface area contributed by atoms with Gasteiger partial charge in [-0.15, -0.1) is 0 Å². The molecule has 5 heteroatoms. The molecule has 0 spiro atoms. The largest absolute Gasteiger partial charge is 0.344 e. The quantitative estimate of drug-likeness (QED) is 0.632. The molecular formula is C10H17N3O2. The van der Waals surface area contributed by atoms with Crippen LogP contribution in [0.15, 0.2) is 0 Å². The van der Waals surface area contributed by atoms with E-state index in [0.717, 1.165) is 13.0 Å². The van der Waals surface area contributed by atoms with Crippen molar-refractivity contribution in [3.05, 3.63) is 0 Å². The van der Waals surface area contributed by atoms with Crippen LogP contribution in [0, 0.1) is 0 Å². The van der Waals surface area contributed by atoms with Gasteiger partial charge in [0.15, 0.2) is 0 Å². The summed E-state index contributed by atoms with van der Waals surface area (Å²) in [6, 6.07) is 0.223. The highest BCUT2D eigenvalue weighted by molar-refractivity contribution is 5.89. The fourth-order valence-electron chi connectivity index (χ4n) is 1.73. The molecule has 15 heavy (non-hydrogen) atoms. The second kappa shape index (κ2) is 4.18. The minimum absolute atomic E-state index is 0.0229. The first-order valence-electron chi connectivity index (χ1n) is 5.44. The van der Waals surface area contributed by atoms with E-state index >= 15 is 0 Å². The third kappa shape index (κ3) is 2.68. The van der Waals surface area contributed by atoms with Crippen molar-refractivity contribution in [3.8, 4) is 0 Å². The first-order chi connectivity index (χ1) is 7.16. The van der Waals surface area contributed by atoms with Gasteiger partial charge in [0.2, 0.25) is 11.8 Å². The van der Waals surface area contributed by atoms with E-state index in [-0.39, 0.29) is 17.9 Å². The van der Waals surface area contributed by atoms with Gasteiger partial charge in [0.1, 0.15) is 6.04 Å². The fourth-order valence-corrected chi connectivity index (χ4v) is 1.73. The molecule has 0 aromatic carbocycles. The molecule has 2 aliphatic rings. The van der Waals surface area contributed by atoms with E-state index in [1.54, 1.807) is 11.9 Å². The van der Waals surface area contributed by atoms with Crippen molar-refractivity contribution in [1.29, 1.82) is 0 Å². The van der Waals surface area contributed by atoms with Gasteiger partial charge in [-0.25, -0.2) is 0 Å². The number of nitrogens with one attached hydrogen (secondary N) is 2. The molecule has 0 radical (unpaired) electrons. The average molecular weight is 211 g/mol. The van der Waals surface area contributed by atoms with Gasteiger partial charge in [-0.2, -0.15) is 0 Å². The lowest BCUT2D eigenvalue weighted by atomic mass is 10.2. The van der Waals surface area contributed by atoms with Crippen molar-refractivity contribution in [1.82, 2.24) is 15.5 Å². The summed E-state index contributed by atoms with van der Waals surface area (Å²) in [5, 5.41) is 5.87. The van der Waals surface area contributed by atoms with Crippen LogP contribution in [0.2, 0.25) is 0 Å². The highest BCUT2D eigenvalue weighted by Crippen LogP contribution is 2.18. The Labute approximate surface area is 89.2 Å². The molecule has 1 unspecified atom stereocenters. The zero-order valence-corrected chi connectivity index (χ0v) is 8.95. The molecule has 0 bridgehead atoms. The summed E-state index contributed by atoms with van der Waals surface area (Å²) < 4.78 is 0. The lowest BCUT2D eigenvalue weighted by molar-refractivity contribution is -0.131. The van der Waals surface area contributed by atoms with Gasteiger partial charge < -0.3 is 15.5 Å². The van der Waals surface area contributed by atoms with Gasteiger partial charge in [-0.1, -0.05) is 0 Å². The molecule has 84 valence electrons.